The average Bonchev–Trinajstić information content (AvgIpc) is 3.24. The summed E-state index contributed by atoms with van der Waals surface area (Å²) in [6.45, 7) is 2.37. The minimum absolute atomic E-state index is 0.103. The van der Waals surface area contributed by atoms with Crippen LogP contribution >= 0.6 is 0 Å². The van der Waals surface area contributed by atoms with Crippen molar-refractivity contribution in [3.63, 3.8) is 0 Å². The van der Waals surface area contributed by atoms with Gasteiger partial charge in [-0.15, -0.1) is 0 Å². The van der Waals surface area contributed by atoms with Gasteiger partial charge >= 0.3 is 0 Å². The van der Waals surface area contributed by atoms with E-state index >= 15 is 0 Å². The van der Waals surface area contributed by atoms with Crippen LogP contribution in [0.4, 0.5) is 0 Å². The van der Waals surface area contributed by atoms with E-state index in [4.69, 9.17) is 0 Å². The highest BCUT2D eigenvalue weighted by Crippen LogP contribution is 2.17. The van der Waals surface area contributed by atoms with Crippen LogP contribution < -0.4 is 4.72 Å². The number of sulfonamides is 1. The molecule has 0 amide bonds. The first kappa shape index (κ1) is 18.8. The number of hydrogen-bond donors (Lipinski definition) is 1. The molecule has 0 unspecified atom stereocenters. The van der Waals surface area contributed by atoms with Crippen molar-refractivity contribution in [1.29, 1.82) is 0 Å². The van der Waals surface area contributed by atoms with E-state index in [1.165, 1.54) is 0 Å². The summed E-state index contributed by atoms with van der Waals surface area (Å²) in [6.07, 6.45) is 7.08. The van der Waals surface area contributed by atoms with Gasteiger partial charge in [-0.2, -0.15) is 5.10 Å². The number of rotatable bonds is 6. The third-order valence-electron chi connectivity index (χ3n) is 4.86. The van der Waals surface area contributed by atoms with Crippen LogP contribution in [0.1, 0.15) is 18.5 Å². The zero-order chi connectivity index (χ0) is 19.4. The average molecular weight is 398 g/mol. The molecule has 1 atom stereocenters. The van der Waals surface area contributed by atoms with Gasteiger partial charge in [-0.25, -0.2) is 17.8 Å². The van der Waals surface area contributed by atoms with E-state index in [0.717, 1.165) is 37.3 Å². The van der Waals surface area contributed by atoms with Crippen LogP contribution in [0, 0.1) is 0 Å². The van der Waals surface area contributed by atoms with Crippen molar-refractivity contribution >= 4 is 10.0 Å². The number of piperidine rings is 1. The number of pyridine rings is 1. The van der Waals surface area contributed by atoms with Crippen LogP contribution in [0.2, 0.25) is 0 Å². The van der Waals surface area contributed by atoms with E-state index in [9.17, 15) is 8.42 Å². The second-order valence-corrected chi connectivity index (χ2v) is 8.68. The molecule has 1 aliphatic heterocycles. The van der Waals surface area contributed by atoms with E-state index in [2.05, 4.69) is 19.7 Å². The molecule has 2 aromatic heterocycles. The summed E-state index contributed by atoms with van der Waals surface area (Å²) < 4.78 is 30.2. The fraction of sp³-hybridized carbons (Fsp3) is 0.300. The number of hydrogen-bond acceptors (Lipinski definition) is 5. The van der Waals surface area contributed by atoms with Crippen molar-refractivity contribution in [3.8, 4) is 5.69 Å². The molecule has 3 aromatic rings. The Kier molecular flexibility index (Phi) is 5.52. The molecule has 7 nitrogen and oxygen atoms in total. The van der Waals surface area contributed by atoms with Crippen LogP contribution in [0.5, 0.6) is 0 Å². The summed E-state index contributed by atoms with van der Waals surface area (Å²) in [7, 11) is -3.56. The van der Waals surface area contributed by atoms with E-state index in [1.807, 2.05) is 30.5 Å². The van der Waals surface area contributed by atoms with Crippen molar-refractivity contribution in [3.05, 3.63) is 72.8 Å². The SMILES string of the molecule is O=S(=O)(N[C@H]1CCCN(Cc2ccccn2)C1)c1ccc(-n2cccn2)cc1. The van der Waals surface area contributed by atoms with Crippen LogP contribution in [-0.2, 0) is 16.6 Å². The molecular weight excluding hydrogens is 374 g/mol. The predicted molar refractivity (Wildman–Crippen MR) is 106 cm³/mol. The van der Waals surface area contributed by atoms with Crippen LogP contribution in [-0.4, -0.2) is 47.2 Å². The van der Waals surface area contributed by atoms with Crippen LogP contribution in [0.15, 0.2) is 72.0 Å². The highest BCUT2D eigenvalue weighted by molar-refractivity contribution is 7.89. The molecule has 0 saturated carbocycles. The van der Waals surface area contributed by atoms with Gasteiger partial charge < -0.3 is 0 Å². The Labute approximate surface area is 165 Å². The highest BCUT2D eigenvalue weighted by atomic mass is 32.2. The first-order valence-electron chi connectivity index (χ1n) is 9.35. The molecule has 0 spiro atoms. The van der Waals surface area contributed by atoms with Gasteiger partial charge in [0.1, 0.15) is 0 Å². The molecule has 146 valence electrons. The van der Waals surface area contributed by atoms with Crippen LogP contribution in [0.3, 0.4) is 0 Å². The normalized spacial score (nSPS) is 18.2. The smallest absolute Gasteiger partial charge is 0.240 e. The second kappa shape index (κ2) is 8.22. The number of likely N-dealkylation sites (tertiary alicyclic amines) is 1. The van der Waals surface area contributed by atoms with Gasteiger partial charge in [0.25, 0.3) is 0 Å². The largest absolute Gasteiger partial charge is 0.296 e. The summed E-state index contributed by atoms with van der Waals surface area (Å²) in [6, 6.07) is 14.3. The third-order valence-corrected chi connectivity index (χ3v) is 6.39. The molecule has 0 radical (unpaired) electrons. The van der Waals surface area contributed by atoms with Gasteiger partial charge in [-0.3, -0.25) is 9.88 Å². The molecule has 28 heavy (non-hydrogen) atoms. The lowest BCUT2D eigenvalue weighted by Crippen LogP contribution is -2.47. The van der Waals surface area contributed by atoms with Gasteiger partial charge in [0, 0.05) is 37.7 Å². The zero-order valence-electron chi connectivity index (χ0n) is 15.5. The number of nitrogens with one attached hydrogen (secondary N) is 1. The summed E-state index contributed by atoms with van der Waals surface area (Å²) in [5, 5.41) is 4.16. The van der Waals surface area contributed by atoms with Gasteiger partial charge in [0.15, 0.2) is 0 Å². The van der Waals surface area contributed by atoms with Gasteiger partial charge in [0.05, 0.1) is 16.3 Å². The predicted octanol–water partition coefficient (Wildman–Crippen LogP) is 2.21. The Morgan fingerprint density at radius 1 is 1.07 bits per heavy atom. The molecule has 0 aliphatic carbocycles. The topological polar surface area (TPSA) is 80.1 Å². The Bertz CT molecular complexity index is 989. The third kappa shape index (κ3) is 4.46. The summed E-state index contributed by atoms with van der Waals surface area (Å²) in [5.74, 6) is 0. The first-order chi connectivity index (χ1) is 13.6. The summed E-state index contributed by atoms with van der Waals surface area (Å²) in [5.41, 5.74) is 1.82. The molecule has 0 bridgehead atoms. The lowest BCUT2D eigenvalue weighted by atomic mass is 10.1. The van der Waals surface area contributed by atoms with Crippen molar-refractivity contribution in [2.45, 2.75) is 30.3 Å². The van der Waals surface area contributed by atoms with Crippen molar-refractivity contribution in [2.24, 2.45) is 0 Å². The Morgan fingerprint density at radius 3 is 2.64 bits per heavy atom. The lowest BCUT2D eigenvalue weighted by Gasteiger charge is -2.32. The molecule has 3 heterocycles. The van der Waals surface area contributed by atoms with Crippen molar-refractivity contribution < 1.29 is 8.42 Å². The lowest BCUT2D eigenvalue weighted by molar-refractivity contribution is 0.192. The maximum Gasteiger partial charge on any atom is 0.240 e. The van der Waals surface area contributed by atoms with Crippen molar-refractivity contribution in [2.75, 3.05) is 13.1 Å². The first-order valence-corrected chi connectivity index (χ1v) is 10.8. The van der Waals surface area contributed by atoms with Gasteiger partial charge in [0.2, 0.25) is 10.0 Å². The van der Waals surface area contributed by atoms with Crippen molar-refractivity contribution in [1.82, 2.24) is 24.4 Å². The molecule has 1 saturated heterocycles. The van der Waals surface area contributed by atoms with Crippen LogP contribution in [0.25, 0.3) is 5.69 Å². The fourth-order valence-electron chi connectivity index (χ4n) is 3.50. The Morgan fingerprint density at radius 2 is 1.93 bits per heavy atom. The van der Waals surface area contributed by atoms with E-state index < -0.39 is 10.0 Å². The number of nitrogens with zero attached hydrogens (tertiary/aromatic N) is 4. The van der Waals surface area contributed by atoms with E-state index in [-0.39, 0.29) is 10.9 Å². The second-order valence-electron chi connectivity index (χ2n) is 6.96. The molecule has 1 aromatic carbocycles. The standard InChI is InChI=1S/C20H23N5O2S/c26-28(27,20-9-7-19(8-10-20)25-14-4-12-22-25)23-18-6-3-13-24(16-18)15-17-5-1-2-11-21-17/h1-2,4-5,7-12,14,18,23H,3,6,13,15-16H2/t18-/m0/s1. The maximum absolute atomic E-state index is 12.8. The number of benzene rings is 1. The minimum Gasteiger partial charge on any atom is -0.296 e. The quantitative estimate of drug-likeness (QED) is 0.690. The fourth-order valence-corrected chi connectivity index (χ4v) is 4.76. The Balaban J connectivity index is 1.41. The molecule has 8 heteroatoms. The van der Waals surface area contributed by atoms with E-state index in [0.29, 0.717) is 6.54 Å². The number of aromatic nitrogens is 3. The van der Waals surface area contributed by atoms with Gasteiger partial charge in [-0.05, 0) is 61.9 Å². The molecule has 4 rings (SSSR count). The zero-order valence-corrected chi connectivity index (χ0v) is 16.3. The van der Waals surface area contributed by atoms with E-state index in [1.54, 1.807) is 41.3 Å². The highest BCUT2D eigenvalue weighted by Gasteiger charge is 2.25. The molecule has 1 fully saturated rings. The molecular formula is C20H23N5O2S. The minimum atomic E-state index is -3.56. The van der Waals surface area contributed by atoms with Gasteiger partial charge in [-0.1, -0.05) is 6.07 Å². The molecule has 1 aliphatic rings. The maximum atomic E-state index is 12.8. The Hall–Kier alpha value is -2.55. The monoisotopic (exact) mass is 397 g/mol. The molecule has 1 N–H and O–H groups in total. The summed E-state index contributed by atoms with van der Waals surface area (Å²) >= 11 is 0. The summed E-state index contributed by atoms with van der Waals surface area (Å²) in [4.78, 5) is 6.88.